The summed E-state index contributed by atoms with van der Waals surface area (Å²) >= 11 is 3.43. The normalized spacial score (nSPS) is 12.5. The summed E-state index contributed by atoms with van der Waals surface area (Å²) in [5.41, 5.74) is 6.74. The van der Waals surface area contributed by atoms with Crippen LogP contribution in [0.1, 0.15) is 18.9 Å². The smallest absolute Gasteiger partial charge is 0.123 e. The van der Waals surface area contributed by atoms with Crippen LogP contribution in [0, 0.1) is 6.92 Å². The summed E-state index contributed by atoms with van der Waals surface area (Å²) < 4.78 is 12.2. The summed E-state index contributed by atoms with van der Waals surface area (Å²) in [6, 6.07) is 6.01. The lowest BCUT2D eigenvalue weighted by molar-refractivity contribution is 0.0526. The number of aryl methyl sites for hydroxylation is 1. The molecule has 1 rings (SSSR count). The van der Waals surface area contributed by atoms with Crippen molar-refractivity contribution in [3.63, 3.8) is 0 Å². The second kappa shape index (κ2) is 7.69. The van der Waals surface area contributed by atoms with E-state index < -0.39 is 0 Å². The molecule has 1 atom stereocenters. The molecule has 17 heavy (non-hydrogen) atoms. The average molecular weight is 302 g/mol. The molecule has 4 heteroatoms. The van der Waals surface area contributed by atoms with Gasteiger partial charge in [0, 0.05) is 24.0 Å². The third-order valence-corrected chi connectivity index (χ3v) is 3.01. The maximum Gasteiger partial charge on any atom is 0.123 e. The fraction of sp³-hybridized carbons (Fsp3) is 0.538. The van der Waals surface area contributed by atoms with E-state index in [4.69, 9.17) is 15.2 Å². The van der Waals surface area contributed by atoms with Crippen molar-refractivity contribution in [3.8, 4) is 5.75 Å². The van der Waals surface area contributed by atoms with Gasteiger partial charge < -0.3 is 15.2 Å². The number of rotatable bonds is 7. The standard InChI is InChI=1S/C13H20BrNO2/c1-3-16-12(9-15)6-7-17-13-8-11(14)5-4-10(13)2/h4-5,8,12H,3,6-7,9,15H2,1-2H3. The summed E-state index contributed by atoms with van der Waals surface area (Å²) in [5.74, 6) is 0.909. The Kier molecular flexibility index (Phi) is 6.55. The Hall–Kier alpha value is -0.580. The molecular formula is C13H20BrNO2. The van der Waals surface area contributed by atoms with E-state index in [1.165, 1.54) is 0 Å². The maximum absolute atomic E-state index is 5.73. The first-order chi connectivity index (χ1) is 8.17. The molecule has 1 aromatic rings. The van der Waals surface area contributed by atoms with Crippen molar-refractivity contribution >= 4 is 15.9 Å². The summed E-state index contributed by atoms with van der Waals surface area (Å²) in [6.07, 6.45) is 0.906. The highest BCUT2D eigenvalue weighted by molar-refractivity contribution is 9.10. The van der Waals surface area contributed by atoms with Gasteiger partial charge in [-0.25, -0.2) is 0 Å². The van der Waals surface area contributed by atoms with Crippen LogP contribution >= 0.6 is 15.9 Å². The number of halogens is 1. The van der Waals surface area contributed by atoms with E-state index in [-0.39, 0.29) is 6.10 Å². The first-order valence-electron chi connectivity index (χ1n) is 5.88. The van der Waals surface area contributed by atoms with Crippen LogP contribution < -0.4 is 10.5 Å². The predicted octanol–water partition coefficient (Wildman–Crippen LogP) is 2.89. The molecule has 0 aliphatic rings. The Morgan fingerprint density at radius 2 is 2.18 bits per heavy atom. The van der Waals surface area contributed by atoms with Gasteiger partial charge in [0.1, 0.15) is 5.75 Å². The Labute approximate surface area is 111 Å². The van der Waals surface area contributed by atoms with Gasteiger partial charge in [-0.1, -0.05) is 22.0 Å². The molecule has 0 amide bonds. The molecule has 0 saturated carbocycles. The van der Waals surface area contributed by atoms with Gasteiger partial charge in [0.05, 0.1) is 12.7 Å². The minimum Gasteiger partial charge on any atom is -0.493 e. The first kappa shape index (κ1) is 14.5. The third-order valence-electron chi connectivity index (χ3n) is 2.51. The van der Waals surface area contributed by atoms with Crippen LogP contribution in [0.3, 0.4) is 0 Å². The number of nitrogens with two attached hydrogens (primary N) is 1. The van der Waals surface area contributed by atoms with E-state index in [1.54, 1.807) is 0 Å². The van der Waals surface area contributed by atoms with Crippen molar-refractivity contribution in [1.82, 2.24) is 0 Å². The summed E-state index contributed by atoms with van der Waals surface area (Å²) in [7, 11) is 0. The molecule has 96 valence electrons. The van der Waals surface area contributed by atoms with Crippen LogP contribution in [-0.2, 0) is 4.74 Å². The Balaban J connectivity index is 2.42. The fourth-order valence-corrected chi connectivity index (χ4v) is 1.87. The molecule has 0 fully saturated rings. The first-order valence-corrected chi connectivity index (χ1v) is 6.67. The molecule has 0 aromatic heterocycles. The maximum atomic E-state index is 5.73. The van der Waals surface area contributed by atoms with Gasteiger partial charge in [0.15, 0.2) is 0 Å². The zero-order chi connectivity index (χ0) is 12.7. The molecule has 0 aliphatic heterocycles. The molecule has 0 bridgehead atoms. The summed E-state index contributed by atoms with van der Waals surface area (Å²) in [5, 5.41) is 0. The van der Waals surface area contributed by atoms with Gasteiger partial charge in [0.2, 0.25) is 0 Å². The minimum atomic E-state index is 0.0902. The van der Waals surface area contributed by atoms with Crippen LogP contribution in [0.5, 0.6) is 5.75 Å². The van der Waals surface area contributed by atoms with Gasteiger partial charge in [-0.2, -0.15) is 0 Å². The van der Waals surface area contributed by atoms with E-state index in [1.807, 2.05) is 32.0 Å². The van der Waals surface area contributed by atoms with Gasteiger partial charge in [0.25, 0.3) is 0 Å². The van der Waals surface area contributed by atoms with E-state index >= 15 is 0 Å². The van der Waals surface area contributed by atoms with Crippen LogP contribution in [0.15, 0.2) is 22.7 Å². The van der Waals surface area contributed by atoms with Crippen molar-refractivity contribution < 1.29 is 9.47 Å². The monoisotopic (exact) mass is 301 g/mol. The Bertz CT molecular complexity index is 344. The molecule has 2 N–H and O–H groups in total. The SMILES string of the molecule is CCOC(CN)CCOc1cc(Br)ccc1C. The fourth-order valence-electron chi connectivity index (χ4n) is 1.53. The molecule has 3 nitrogen and oxygen atoms in total. The zero-order valence-corrected chi connectivity index (χ0v) is 12.0. The molecular weight excluding hydrogens is 282 g/mol. The van der Waals surface area contributed by atoms with Crippen LogP contribution in [0.25, 0.3) is 0 Å². The second-order valence-electron chi connectivity index (χ2n) is 3.86. The highest BCUT2D eigenvalue weighted by Crippen LogP contribution is 2.23. The van der Waals surface area contributed by atoms with Gasteiger partial charge in [-0.15, -0.1) is 0 Å². The Morgan fingerprint density at radius 3 is 2.82 bits per heavy atom. The lowest BCUT2D eigenvalue weighted by atomic mass is 10.2. The van der Waals surface area contributed by atoms with Crippen LogP contribution in [0.2, 0.25) is 0 Å². The van der Waals surface area contributed by atoms with E-state index in [0.717, 1.165) is 22.2 Å². The number of benzene rings is 1. The summed E-state index contributed by atoms with van der Waals surface area (Å²) in [4.78, 5) is 0. The quantitative estimate of drug-likeness (QED) is 0.842. The van der Waals surface area contributed by atoms with Crippen LogP contribution in [-0.4, -0.2) is 25.9 Å². The van der Waals surface area contributed by atoms with Gasteiger partial charge >= 0.3 is 0 Å². The lowest BCUT2D eigenvalue weighted by Crippen LogP contribution is -2.25. The van der Waals surface area contributed by atoms with Crippen molar-refractivity contribution in [2.24, 2.45) is 5.73 Å². The highest BCUT2D eigenvalue weighted by Gasteiger charge is 2.07. The summed E-state index contributed by atoms with van der Waals surface area (Å²) in [6.45, 7) is 5.86. The topological polar surface area (TPSA) is 44.5 Å². The second-order valence-corrected chi connectivity index (χ2v) is 4.78. The highest BCUT2D eigenvalue weighted by atomic mass is 79.9. The minimum absolute atomic E-state index is 0.0902. The van der Waals surface area contributed by atoms with Gasteiger partial charge in [-0.05, 0) is 31.5 Å². The Morgan fingerprint density at radius 1 is 1.41 bits per heavy atom. The molecule has 0 aliphatic carbocycles. The number of hydrogen-bond acceptors (Lipinski definition) is 3. The van der Waals surface area contributed by atoms with E-state index in [2.05, 4.69) is 15.9 Å². The third kappa shape index (κ3) is 5.06. The molecule has 1 unspecified atom stereocenters. The molecule has 0 radical (unpaired) electrons. The largest absolute Gasteiger partial charge is 0.493 e. The number of hydrogen-bond donors (Lipinski definition) is 1. The van der Waals surface area contributed by atoms with Gasteiger partial charge in [-0.3, -0.25) is 0 Å². The predicted molar refractivity (Wildman–Crippen MR) is 73.5 cm³/mol. The molecule has 1 aromatic carbocycles. The zero-order valence-electron chi connectivity index (χ0n) is 10.4. The lowest BCUT2D eigenvalue weighted by Gasteiger charge is -2.16. The van der Waals surface area contributed by atoms with Crippen molar-refractivity contribution in [2.45, 2.75) is 26.4 Å². The van der Waals surface area contributed by atoms with Crippen molar-refractivity contribution in [2.75, 3.05) is 19.8 Å². The van der Waals surface area contributed by atoms with Crippen molar-refractivity contribution in [1.29, 1.82) is 0 Å². The molecule has 0 spiro atoms. The number of ether oxygens (including phenoxy) is 2. The molecule has 0 heterocycles. The molecule has 0 saturated heterocycles. The van der Waals surface area contributed by atoms with Crippen LogP contribution in [0.4, 0.5) is 0 Å². The van der Waals surface area contributed by atoms with E-state index in [9.17, 15) is 0 Å². The van der Waals surface area contributed by atoms with E-state index in [0.29, 0.717) is 19.8 Å². The average Bonchev–Trinajstić information content (AvgIpc) is 2.32. The van der Waals surface area contributed by atoms with Crippen molar-refractivity contribution in [3.05, 3.63) is 28.2 Å².